The molecule has 6 heteroatoms. The number of rotatable bonds is 3. The average Bonchev–Trinajstić information content (AvgIpc) is 2.15. The maximum atomic E-state index is 10.8. The Labute approximate surface area is 81.1 Å². The summed E-state index contributed by atoms with van der Waals surface area (Å²) in [6.07, 6.45) is 1.51. The van der Waals surface area contributed by atoms with Gasteiger partial charge in [-0.15, -0.1) is 0 Å². The van der Waals surface area contributed by atoms with Crippen molar-refractivity contribution in [3.8, 4) is 5.75 Å². The number of ether oxygens (including phenoxy) is 1. The van der Waals surface area contributed by atoms with Crippen LogP contribution in [0.1, 0.15) is 5.56 Å². The van der Waals surface area contributed by atoms with Gasteiger partial charge in [-0.3, -0.25) is 9.35 Å². The van der Waals surface area contributed by atoms with Crippen LogP contribution in [0.15, 0.2) is 23.1 Å². The molecule has 0 spiro atoms. The molecule has 75 valence electrons. The van der Waals surface area contributed by atoms with E-state index in [0.717, 1.165) is 6.07 Å². The fourth-order valence-corrected chi connectivity index (χ4v) is 1.69. The van der Waals surface area contributed by atoms with Crippen molar-refractivity contribution in [1.29, 1.82) is 0 Å². The smallest absolute Gasteiger partial charge is 0.298 e. The molecular formula is C8H7O5S. The molecule has 0 aliphatic heterocycles. The number of para-hydroxylation sites is 1. The summed E-state index contributed by atoms with van der Waals surface area (Å²) in [6, 6.07) is 3.78. The van der Waals surface area contributed by atoms with Crippen LogP contribution in [-0.2, 0) is 14.9 Å². The lowest BCUT2D eigenvalue weighted by Gasteiger charge is -2.06. The van der Waals surface area contributed by atoms with Crippen molar-refractivity contribution < 1.29 is 22.5 Å². The van der Waals surface area contributed by atoms with Crippen LogP contribution >= 0.6 is 0 Å². The van der Waals surface area contributed by atoms with Crippen molar-refractivity contribution in [2.45, 2.75) is 4.90 Å². The fourth-order valence-electron chi connectivity index (χ4n) is 1.01. The van der Waals surface area contributed by atoms with E-state index in [1.54, 1.807) is 0 Å². The van der Waals surface area contributed by atoms with Crippen LogP contribution in [-0.4, -0.2) is 26.4 Å². The molecule has 1 rings (SSSR count). The van der Waals surface area contributed by atoms with E-state index in [1.807, 2.05) is 0 Å². The molecule has 0 amide bonds. The third-order valence-corrected chi connectivity index (χ3v) is 2.45. The topological polar surface area (TPSA) is 80.7 Å². The Morgan fingerprint density at radius 2 is 2.07 bits per heavy atom. The van der Waals surface area contributed by atoms with Gasteiger partial charge in [0.1, 0.15) is 4.90 Å². The molecule has 0 saturated carbocycles. The quantitative estimate of drug-likeness (QED) is 0.738. The molecule has 5 nitrogen and oxygen atoms in total. The SMILES string of the molecule is COc1c([C]=O)cccc1S(=O)(=O)O. The molecule has 0 heterocycles. The largest absolute Gasteiger partial charge is 0.495 e. The van der Waals surface area contributed by atoms with Gasteiger partial charge >= 0.3 is 0 Å². The van der Waals surface area contributed by atoms with Crippen LogP contribution in [0, 0.1) is 0 Å². The van der Waals surface area contributed by atoms with Crippen molar-refractivity contribution >= 4 is 16.4 Å². The molecular weight excluding hydrogens is 208 g/mol. The maximum absolute atomic E-state index is 10.8. The highest BCUT2D eigenvalue weighted by atomic mass is 32.2. The van der Waals surface area contributed by atoms with Crippen molar-refractivity contribution in [2.75, 3.05) is 7.11 Å². The third kappa shape index (κ3) is 1.91. The number of carbonyl (C=O) groups excluding carboxylic acids is 1. The zero-order chi connectivity index (χ0) is 10.8. The summed E-state index contributed by atoms with van der Waals surface area (Å²) in [5.74, 6) is -0.204. The minimum atomic E-state index is -4.38. The van der Waals surface area contributed by atoms with Gasteiger partial charge in [0.2, 0.25) is 6.29 Å². The van der Waals surface area contributed by atoms with Crippen LogP contribution in [0.25, 0.3) is 0 Å². The molecule has 0 bridgehead atoms. The summed E-state index contributed by atoms with van der Waals surface area (Å²) in [4.78, 5) is 9.94. The molecule has 0 aliphatic rings. The Morgan fingerprint density at radius 3 is 2.50 bits per heavy atom. The highest BCUT2D eigenvalue weighted by Gasteiger charge is 2.18. The summed E-state index contributed by atoms with van der Waals surface area (Å²) >= 11 is 0. The lowest BCUT2D eigenvalue weighted by atomic mass is 10.2. The van der Waals surface area contributed by atoms with E-state index in [9.17, 15) is 13.2 Å². The third-order valence-electron chi connectivity index (χ3n) is 1.57. The van der Waals surface area contributed by atoms with Gasteiger partial charge < -0.3 is 4.74 Å². The van der Waals surface area contributed by atoms with E-state index in [2.05, 4.69) is 0 Å². The van der Waals surface area contributed by atoms with Crippen LogP contribution in [0.5, 0.6) is 5.75 Å². The first-order valence-electron chi connectivity index (χ1n) is 3.53. The molecule has 0 atom stereocenters. The second-order valence-electron chi connectivity index (χ2n) is 2.41. The van der Waals surface area contributed by atoms with Crippen molar-refractivity contribution in [3.05, 3.63) is 23.8 Å². The Bertz CT molecular complexity index is 449. The predicted molar refractivity (Wildman–Crippen MR) is 47.6 cm³/mol. The Kier molecular flexibility index (Phi) is 2.87. The summed E-state index contributed by atoms with van der Waals surface area (Å²) in [7, 11) is -3.18. The van der Waals surface area contributed by atoms with Crippen LogP contribution in [0.2, 0.25) is 0 Å². The summed E-state index contributed by atoms with van der Waals surface area (Å²) in [5.41, 5.74) is -0.0531. The van der Waals surface area contributed by atoms with E-state index >= 15 is 0 Å². The lowest BCUT2D eigenvalue weighted by molar-refractivity contribution is 0.396. The maximum Gasteiger partial charge on any atom is 0.298 e. The average molecular weight is 215 g/mol. The second-order valence-corrected chi connectivity index (χ2v) is 3.80. The summed E-state index contributed by atoms with van der Waals surface area (Å²) in [6.45, 7) is 0. The zero-order valence-electron chi connectivity index (χ0n) is 7.22. The van der Waals surface area contributed by atoms with Gasteiger partial charge in [0.15, 0.2) is 5.75 Å². The molecule has 0 unspecified atom stereocenters. The monoisotopic (exact) mass is 215 g/mol. The molecule has 0 saturated heterocycles. The van der Waals surface area contributed by atoms with Gasteiger partial charge in [-0.2, -0.15) is 8.42 Å². The number of benzene rings is 1. The van der Waals surface area contributed by atoms with E-state index in [4.69, 9.17) is 9.29 Å². The minimum Gasteiger partial charge on any atom is -0.495 e. The van der Waals surface area contributed by atoms with E-state index < -0.39 is 15.0 Å². The van der Waals surface area contributed by atoms with E-state index in [1.165, 1.54) is 25.5 Å². The molecule has 14 heavy (non-hydrogen) atoms. The van der Waals surface area contributed by atoms with Crippen molar-refractivity contribution in [3.63, 3.8) is 0 Å². The highest BCUT2D eigenvalue weighted by molar-refractivity contribution is 7.86. The second kappa shape index (κ2) is 3.77. The predicted octanol–water partition coefficient (Wildman–Crippen LogP) is 0.400. The zero-order valence-corrected chi connectivity index (χ0v) is 8.04. The standard InChI is InChI=1S/C8H7O5S/c1-13-8-6(5-9)3-2-4-7(8)14(10,11)12/h2-4H,1H3,(H,10,11,12). The van der Waals surface area contributed by atoms with Gasteiger partial charge in [0, 0.05) is 0 Å². The van der Waals surface area contributed by atoms with Crippen LogP contribution < -0.4 is 4.74 Å². The number of methoxy groups -OCH3 is 1. The molecule has 0 aliphatic carbocycles. The Morgan fingerprint density at radius 1 is 1.43 bits per heavy atom. The Balaban J connectivity index is 3.52. The molecule has 1 radical (unpaired) electrons. The van der Waals surface area contributed by atoms with Crippen LogP contribution in [0.4, 0.5) is 0 Å². The van der Waals surface area contributed by atoms with Crippen molar-refractivity contribution in [2.24, 2.45) is 0 Å². The van der Waals surface area contributed by atoms with Crippen LogP contribution in [0.3, 0.4) is 0 Å². The van der Waals surface area contributed by atoms with Gasteiger partial charge in [-0.05, 0) is 12.1 Å². The first-order chi connectivity index (χ1) is 6.50. The highest BCUT2D eigenvalue weighted by Crippen LogP contribution is 2.26. The first-order valence-corrected chi connectivity index (χ1v) is 4.97. The minimum absolute atomic E-state index is 0.0531. The van der Waals surface area contributed by atoms with Gasteiger partial charge in [0.05, 0.1) is 12.7 Å². The molecule has 0 aromatic heterocycles. The van der Waals surface area contributed by atoms with Gasteiger partial charge in [-0.1, -0.05) is 6.07 Å². The molecule has 0 fully saturated rings. The molecule has 1 aromatic rings. The fraction of sp³-hybridized carbons (Fsp3) is 0.125. The molecule has 1 aromatic carbocycles. The summed E-state index contributed by atoms with van der Waals surface area (Å²) in [5, 5.41) is 0. The normalized spacial score (nSPS) is 11.0. The van der Waals surface area contributed by atoms with E-state index in [-0.39, 0.29) is 11.3 Å². The lowest BCUT2D eigenvalue weighted by Crippen LogP contribution is -2.03. The number of hydrogen-bond acceptors (Lipinski definition) is 4. The van der Waals surface area contributed by atoms with Gasteiger partial charge in [-0.25, -0.2) is 0 Å². The van der Waals surface area contributed by atoms with Crippen molar-refractivity contribution in [1.82, 2.24) is 0 Å². The number of hydrogen-bond donors (Lipinski definition) is 1. The Hall–Kier alpha value is -1.40. The first kappa shape index (κ1) is 10.7. The molecule has 1 N–H and O–H groups in total. The van der Waals surface area contributed by atoms with Gasteiger partial charge in [0.25, 0.3) is 10.1 Å². The summed E-state index contributed by atoms with van der Waals surface area (Å²) < 4.78 is 35.1. The van der Waals surface area contributed by atoms with E-state index in [0.29, 0.717) is 0 Å².